The molecule has 1 aromatic carbocycles. The Hall–Kier alpha value is -1.99. The fourth-order valence-electron chi connectivity index (χ4n) is 5.94. The number of nitrogens with one attached hydrogen (secondary N) is 1. The molecule has 7 heteroatoms. The van der Waals surface area contributed by atoms with Crippen LogP contribution < -0.4 is 10.2 Å². The lowest BCUT2D eigenvalue weighted by Gasteiger charge is -2.26. The van der Waals surface area contributed by atoms with Crippen molar-refractivity contribution in [3.05, 3.63) is 40.8 Å². The summed E-state index contributed by atoms with van der Waals surface area (Å²) in [5.74, 6) is 3.92. The molecule has 1 aromatic heterocycles. The van der Waals surface area contributed by atoms with Crippen LogP contribution in [0, 0.1) is 11.8 Å². The first-order valence-electron chi connectivity index (χ1n) is 11.9. The Bertz CT molecular complexity index is 1090. The molecule has 4 atom stereocenters. The molecule has 2 aliphatic carbocycles. The van der Waals surface area contributed by atoms with Gasteiger partial charge in [0, 0.05) is 36.9 Å². The average molecular weight is 453 g/mol. The van der Waals surface area contributed by atoms with E-state index in [2.05, 4.69) is 28.4 Å². The highest BCUT2D eigenvalue weighted by molar-refractivity contribution is 7.85. The van der Waals surface area contributed by atoms with Gasteiger partial charge in [0.25, 0.3) is 0 Å². The summed E-state index contributed by atoms with van der Waals surface area (Å²) in [4.78, 5) is 13.1. The molecule has 1 saturated heterocycles. The van der Waals surface area contributed by atoms with Gasteiger partial charge in [0.1, 0.15) is 16.5 Å². The second kappa shape index (κ2) is 7.52. The van der Waals surface area contributed by atoms with E-state index in [4.69, 9.17) is 9.97 Å². The molecule has 32 heavy (non-hydrogen) atoms. The van der Waals surface area contributed by atoms with Crippen molar-refractivity contribution in [1.29, 1.82) is 0 Å². The van der Waals surface area contributed by atoms with Gasteiger partial charge < -0.3 is 15.3 Å². The maximum atomic E-state index is 12.6. The molecular formula is C25H32N4O2S. The summed E-state index contributed by atoms with van der Waals surface area (Å²) in [6.07, 6.45) is 5.46. The van der Waals surface area contributed by atoms with Crippen molar-refractivity contribution in [2.24, 2.45) is 11.8 Å². The van der Waals surface area contributed by atoms with Gasteiger partial charge in [-0.3, -0.25) is 4.21 Å². The van der Waals surface area contributed by atoms with Crippen LogP contribution in [0.1, 0.15) is 55.3 Å². The molecule has 0 radical (unpaired) electrons. The van der Waals surface area contributed by atoms with Gasteiger partial charge in [0.05, 0.1) is 28.6 Å². The Balaban J connectivity index is 1.21. The van der Waals surface area contributed by atoms with Crippen molar-refractivity contribution in [2.45, 2.75) is 62.3 Å². The van der Waals surface area contributed by atoms with Crippen molar-refractivity contribution >= 4 is 22.3 Å². The summed E-state index contributed by atoms with van der Waals surface area (Å²) in [6, 6.07) is 7.03. The number of aliphatic hydroxyl groups is 1. The Morgan fingerprint density at radius 2 is 1.88 bits per heavy atom. The first-order chi connectivity index (χ1) is 15.4. The van der Waals surface area contributed by atoms with Gasteiger partial charge in [-0.05, 0) is 74.6 Å². The summed E-state index contributed by atoms with van der Waals surface area (Å²) in [5, 5.41) is 13.1. The van der Waals surface area contributed by atoms with E-state index >= 15 is 0 Å². The Labute approximate surface area is 192 Å². The topological polar surface area (TPSA) is 78.3 Å². The standard InChI is InChI=1S/C25H32N4O2S/c1-25(2,14-30)28-24-22-21(7-8-32(22)31)26-23(27-24)17-9-18-12-29(13-19(18)10-17)20-6-5-15-3-4-16(15)11-20/h5-6,11,17-19,30H,3-4,7-10,12-14H2,1-2H3,(H,26,27,28)/t17?,18-,19+,32?. The van der Waals surface area contributed by atoms with Crippen LogP contribution in [0.3, 0.4) is 0 Å². The summed E-state index contributed by atoms with van der Waals surface area (Å²) >= 11 is 0. The largest absolute Gasteiger partial charge is 0.394 e. The van der Waals surface area contributed by atoms with Gasteiger partial charge >= 0.3 is 0 Å². The lowest BCUT2D eigenvalue weighted by Crippen LogP contribution is -2.36. The molecule has 2 N–H and O–H groups in total. The molecule has 3 heterocycles. The molecule has 1 saturated carbocycles. The number of aliphatic hydroxyl groups excluding tert-OH is 1. The SMILES string of the molecule is CC(C)(CO)Nc1nc(C2C[C@@H]3CN(c4ccc5c(c4)CC5)C[C@@H]3C2)nc2c1S(=O)CC2. The molecular weight excluding hydrogens is 420 g/mol. The number of benzene rings is 1. The fraction of sp³-hybridized carbons (Fsp3) is 0.600. The smallest absolute Gasteiger partial charge is 0.146 e. The molecule has 2 fully saturated rings. The number of rotatable bonds is 5. The predicted molar refractivity (Wildman–Crippen MR) is 127 cm³/mol. The van der Waals surface area contributed by atoms with Gasteiger partial charge in [-0.1, -0.05) is 6.07 Å². The lowest BCUT2D eigenvalue weighted by atomic mass is 9.88. The maximum absolute atomic E-state index is 12.6. The molecule has 2 unspecified atom stereocenters. The van der Waals surface area contributed by atoms with Gasteiger partial charge in [-0.25, -0.2) is 9.97 Å². The van der Waals surface area contributed by atoms with E-state index in [0.717, 1.165) is 48.8 Å². The molecule has 0 bridgehead atoms. The minimum Gasteiger partial charge on any atom is -0.394 e. The van der Waals surface area contributed by atoms with Crippen LogP contribution in [0.5, 0.6) is 0 Å². The van der Waals surface area contributed by atoms with Gasteiger partial charge in [-0.15, -0.1) is 0 Å². The van der Waals surface area contributed by atoms with Crippen molar-refractivity contribution in [3.63, 3.8) is 0 Å². The van der Waals surface area contributed by atoms with Crippen molar-refractivity contribution in [3.8, 4) is 0 Å². The zero-order valence-corrected chi connectivity index (χ0v) is 19.7. The van der Waals surface area contributed by atoms with Crippen LogP contribution in [0.15, 0.2) is 23.1 Å². The number of anilines is 2. The third-order valence-electron chi connectivity index (χ3n) is 7.89. The van der Waals surface area contributed by atoms with Gasteiger partial charge in [0.15, 0.2) is 0 Å². The van der Waals surface area contributed by atoms with E-state index in [0.29, 0.717) is 29.3 Å². The van der Waals surface area contributed by atoms with Gasteiger partial charge in [-0.2, -0.15) is 0 Å². The third kappa shape index (κ3) is 3.45. The monoisotopic (exact) mass is 452 g/mol. The zero-order chi connectivity index (χ0) is 22.0. The number of hydrogen-bond donors (Lipinski definition) is 2. The first kappa shape index (κ1) is 20.6. The molecule has 0 amide bonds. The second-order valence-corrected chi connectivity index (χ2v) is 12.2. The van der Waals surface area contributed by atoms with Crippen LogP contribution in [0.4, 0.5) is 11.5 Å². The van der Waals surface area contributed by atoms with Crippen LogP contribution in [-0.2, 0) is 30.1 Å². The van der Waals surface area contributed by atoms with Crippen molar-refractivity contribution in [1.82, 2.24) is 9.97 Å². The normalized spacial score (nSPS) is 28.3. The van der Waals surface area contributed by atoms with Crippen LogP contribution in [-0.4, -0.2) is 50.3 Å². The summed E-state index contributed by atoms with van der Waals surface area (Å²) in [5.41, 5.74) is 4.87. The molecule has 170 valence electrons. The van der Waals surface area contributed by atoms with Crippen LogP contribution >= 0.6 is 0 Å². The Morgan fingerprint density at radius 1 is 1.12 bits per heavy atom. The summed E-state index contributed by atoms with van der Waals surface area (Å²) < 4.78 is 12.6. The summed E-state index contributed by atoms with van der Waals surface area (Å²) in [7, 11) is -1.06. The van der Waals surface area contributed by atoms with E-state index in [9.17, 15) is 9.32 Å². The summed E-state index contributed by atoms with van der Waals surface area (Å²) in [6.45, 7) is 6.10. The molecule has 2 aliphatic heterocycles. The van der Waals surface area contributed by atoms with E-state index in [1.807, 2.05) is 13.8 Å². The molecule has 4 aliphatic rings. The Kier molecular flexibility index (Phi) is 4.84. The van der Waals surface area contributed by atoms with Crippen molar-refractivity contribution < 1.29 is 9.32 Å². The molecule has 6 rings (SSSR count). The highest BCUT2D eigenvalue weighted by Crippen LogP contribution is 2.47. The first-order valence-corrected chi connectivity index (χ1v) is 13.3. The van der Waals surface area contributed by atoms with E-state index in [1.54, 1.807) is 0 Å². The quantitative estimate of drug-likeness (QED) is 0.726. The number of nitrogens with zero attached hydrogens (tertiary/aromatic N) is 3. The average Bonchev–Trinajstić information content (AvgIpc) is 3.42. The highest BCUT2D eigenvalue weighted by Gasteiger charge is 2.43. The molecule has 2 aromatic rings. The van der Waals surface area contributed by atoms with Crippen molar-refractivity contribution in [2.75, 3.05) is 35.7 Å². The Morgan fingerprint density at radius 3 is 2.53 bits per heavy atom. The second-order valence-electron chi connectivity index (χ2n) is 10.7. The van der Waals surface area contributed by atoms with Crippen LogP contribution in [0.2, 0.25) is 0 Å². The maximum Gasteiger partial charge on any atom is 0.146 e. The molecule has 6 nitrogen and oxygen atoms in total. The van der Waals surface area contributed by atoms with E-state index in [-0.39, 0.29) is 6.61 Å². The van der Waals surface area contributed by atoms with E-state index < -0.39 is 16.3 Å². The number of fused-ring (bicyclic) bond motifs is 3. The lowest BCUT2D eigenvalue weighted by molar-refractivity contribution is 0.233. The third-order valence-corrected chi connectivity index (χ3v) is 9.35. The molecule has 0 spiro atoms. The zero-order valence-electron chi connectivity index (χ0n) is 18.9. The minimum absolute atomic E-state index is 0.0140. The number of aromatic nitrogens is 2. The highest BCUT2D eigenvalue weighted by atomic mass is 32.2. The number of hydrogen-bond acceptors (Lipinski definition) is 6. The van der Waals surface area contributed by atoms with Gasteiger partial charge in [0.2, 0.25) is 0 Å². The van der Waals surface area contributed by atoms with E-state index in [1.165, 1.54) is 29.7 Å². The number of aryl methyl sites for hydroxylation is 3. The predicted octanol–water partition coefficient (Wildman–Crippen LogP) is 3.05. The van der Waals surface area contributed by atoms with Crippen LogP contribution in [0.25, 0.3) is 0 Å². The minimum atomic E-state index is -1.06. The fourth-order valence-corrected chi connectivity index (χ4v) is 7.25.